The molecule has 0 saturated carbocycles. The van der Waals surface area contributed by atoms with Gasteiger partial charge in [-0.2, -0.15) is 0 Å². The first-order valence-electron chi connectivity index (χ1n) is 5.27. The molecule has 88 valence electrons. The number of amides is 1. The average Bonchev–Trinajstić information content (AvgIpc) is 2.63. The van der Waals surface area contributed by atoms with Crippen molar-refractivity contribution in [1.29, 1.82) is 0 Å². The van der Waals surface area contributed by atoms with Crippen molar-refractivity contribution in [3.05, 3.63) is 40.1 Å². The second kappa shape index (κ2) is 5.05. The summed E-state index contributed by atoms with van der Waals surface area (Å²) in [5.41, 5.74) is 2.61. The van der Waals surface area contributed by atoms with Gasteiger partial charge in [0.15, 0.2) is 0 Å². The second-order valence-corrected chi connectivity index (χ2v) is 4.74. The number of hydrogen-bond acceptors (Lipinski definition) is 4. The molecule has 0 saturated heterocycles. The van der Waals surface area contributed by atoms with Crippen molar-refractivity contribution in [3.63, 3.8) is 0 Å². The lowest BCUT2D eigenvalue weighted by Gasteiger charge is -2.03. The monoisotopic (exact) mass is 247 g/mol. The van der Waals surface area contributed by atoms with Crippen LogP contribution in [0.25, 0.3) is 0 Å². The quantitative estimate of drug-likeness (QED) is 0.905. The molecule has 17 heavy (non-hydrogen) atoms. The van der Waals surface area contributed by atoms with E-state index in [1.807, 2.05) is 25.3 Å². The van der Waals surface area contributed by atoms with E-state index in [9.17, 15) is 4.79 Å². The number of thiazole rings is 1. The van der Waals surface area contributed by atoms with Gasteiger partial charge in [0.1, 0.15) is 5.01 Å². The van der Waals surface area contributed by atoms with Crippen molar-refractivity contribution in [2.24, 2.45) is 0 Å². The molecule has 0 aliphatic rings. The molecule has 4 nitrogen and oxygen atoms in total. The Labute approximate surface area is 104 Å². The van der Waals surface area contributed by atoms with Gasteiger partial charge in [-0.3, -0.25) is 9.78 Å². The zero-order chi connectivity index (χ0) is 12.3. The van der Waals surface area contributed by atoms with E-state index in [2.05, 4.69) is 15.3 Å². The summed E-state index contributed by atoms with van der Waals surface area (Å²) >= 11 is 1.51. The fraction of sp³-hybridized carbons (Fsp3) is 0.250. The summed E-state index contributed by atoms with van der Waals surface area (Å²) in [6.45, 7) is 3.81. The van der Waals surface area contributed by atoms with Crippen LogP contribution in [0.1, 0.15) is 16.4 Å². The maximum Gasteiger partial charge on any atom is 0.231 e. The van der Waals surface area contributed by atoms with Gasteiger partial charge in [0.05, 0.1) is 6.42 Å². The number of rotatable bonds is 3. The van der Waals surface area contributed by atoms with E-state index < -0.39 is 0 Å². The maximum atomic E-state index is 11.7. The van der Waals surface area contributed by atoms with Gasteiger partial charge in [-0.15, -0.1) is 11.3 Å². The number of aryl methyl sites for hydroxylation is 2. The molecule has 0 fully saturated rings. The molecule has 2 rings (SSSR count). The molecule has 2 aromatic rings. The van der Waals surface area contributed by atoms with Crippen molar-refractivity contribution in [2.75, 3.05) is 5.32 Å². The number of nitrogens with zero attached hydrogens (tertiary/aromatic N) is 2. The summed E-state index contributed by atoms with van der Waals surface area (Å²) in [5.74, 6) is -0.0510. The van der Waals surface area contributed by atoms with Crippen LogP contribution in [-0.2, 0) is 11.2 Å². The normalized spacial score (nSPS) is 10.2. The third kappa shape index (κ3) is 3.35. The van der Waals surface area contributed by atoms with E-state index in [1.165, 1.54) is 11.3 Å². The fourth-order valence-corrected chi connectivity index (χ4v) is 2.22. The lowest BCUT2D eigenvalue weighted by molar-refractivity contribution is -0.115. The number of carbonyl (C=O) groups excluding carboxylic acids is 1. The third-order valence-corrected chi connectivity index (χ3v) is 3.13. The van der Waals surface area contributed by atoms with Gasteiger partial charge in [0.25, 0.3) is 0 Å². The summed E-state index contributed by atoms with van der Waals surface area (Å²) in [4.78, 5) is 20.1. The SMILES string of the molecule is Cc1cc(NC(=O)Cc2nc(C)cs2)ccn1. The Morgan fingerprint density at radius 3 is 2.88 bits per heavy atom. The minimum atomic E-state index is -0.0510. The predicted octanol–water partition coefficient (Wildman–Crippen LogP) is 2.34. The van der Waals surface area contributed by atoms with E-state index in [0.29, 0.717) is 6.42 Å². The van der Waals surface area contributed by atoms with Gasteiger partial charge in [0, 0.05) is 28.7 Å². The zero-order valence-corrected chi connectivity index (χ0v) is 10.5. The Hall–Kier alpha value is -1.75. The largest absolute Gasteiger partial charge is 0.326 e. The summed E-state index contributed by atoms with van der Waals surface area (Å²) in [5, 5.41) is 5.61. The van der Waals surface area contributed by atoms with Crippen molar-refractivity contribution in [3.8, 4) is 0 Å². The van der Waals surface area contributed by atoms with Crippen molar-refractivity contribution < 1.29 is 4.79 Å². The summed E-state index contributed by atoms with van der Waals surface area (Å²) in [6.07, 6.45) is 2.00. The minimum absolute atomic E-state index is 0.0510. The van der Waals surface area contributed by atoms with Crippen LogP contribution < -0.4 is 5.32 Å². The topological polar surface area (TPSA) is 54.9 Å². The highest BCUT2D eigenvalue weighted by molar-refractivity contribution is 7.09. The minimum Gasteiger partial charge on any atom is -0.326 e. The van der Waals surface area contributed by atoms with Gasteiger partial charge in [-0.05, 0) is 26.0 Å². The lowest BCUT2D eigenvalue weighted by Crippen LogP contribution is -2.14. The van der Waals surface area contributed by atoms with Crippen molar-refractivity contribution in [1.82, 2.24) is 9.97 Å². The molecule has 0 spiro atoms. The molecule has 1 amide bonds. The van der Waals surface area contributed by atoms with Crippen molar-refractivity contribution in [2.45, 2.75) is 20.3 Å². The van der Waals surface area contributed by atoms with Gasteiger partial charge in [0.2, 0.25) is 5.91 Å². The molecule has 2 aromatic heterocycles. The van der Waals surface area contributed by atoms with Crippen LogP contribution >= 0.6 is 11.3 Å². The Morgan fingerprint density at radius 2 is 2.24 bits per heavy atom. The van der Waals surface area contributed by atoms with Gasteiger partial charge in [-0.1, -0.05) is 0 Å². The molecule has 0 radical (unpaired) electrons. The van der Waals surface area contributed by atoms with E-state index >= 15 is 0 Å². The first kappa shape index (κ1) is 11.7. The highest BCUT2D eigenvalue weighted by Crippen LogP contribution is 2.11. The van der Waals surface area contributed by atoms with Crippen LogP contribution in [0.4, 0.5) is 5.69 Å². The van der Waals surface area contributed by atoms with Crippen LogP contribution in [-0.4, -0.2) is 15.9 Å². The number of carbonyl (C=O) groups is 1. The van der Waals surface area contributed by atoms with E-state index in [0.717, 1.165) is 22.1 Å². The number of nitrogens with one attached hydrogen (secondary N) is 1. The number of aromatic nitrogens is 2. The van der Waals surface area contributed by atoms with Crippen LogP contribution in [0, 0.1) is 13.8 Å². The average molecular weight is 247 g/mol. The van der Waals surface area contributed by atoms with Crippen molar-refractivity contribution >= 4 is 22.9 Å². The van der Waals surface area contributed by atoms with Gasteiger partial charge in [-0.25, -0.2) is 4.98 Å². The molecule has 5 heteroatoms. The van der Waals surface area contributed by atoms with Crippen LogP contribution in [0.15, 0.2) is 23.7 Å². The third-order valence-electron chi connectivity index (χ3n) is 2.16. The predicted molar refractivity (Wildman–Crippen MR) is 68.2 cm³/mol. The highest BCUT2D eigenvalue weighted by atomic mass is 32.1. The Morgan fingerprint density at radius 1 is 1.41 bits per heavy atom. The fourth-order valence-electron chi connectivity index (χ4n) is 1.45. The smallest absolute Gasteiger partial charge is 0.231 e. The zero-order valence-electron chi connectivity index (χ0n) is 9.73. The standard InChI is InChI=1S/C12H13N3OS/c1-8-5-10(3-4-13-8)15-11(16)6-12-14-9(2)7-17-12/h3-5,7H,6H2,1-2H3,(H,13,15,16). The Kier molecular flexibility index (Phi) is 3.49. The van der Waals surface area contributed by atoms with Crippen LogP contribution in [0.2, 0.25) is 0 Å². The summed E-state index contributed by atoms with van der Waals surface area (Å²) in [7, 11) is 0. The number of hydrogen-bond donors (Lipinski definition) is 1. The molecule has 0 atom stereocenters. The first-order chi connectivity index (χ1) is 8.13. The molecule has 0 unspecified atom stereocenters. The maximum absolute atomic E-state index is 11.7. The molecular formula is C12H13N3OS. The van der Waals surface area contributed by atoms with Crippen LogP contribution in [0.3, 0.4) is 0 Å². The molecular weight excluding hydrogens is 234 g/mol. The summed E-state index contributed by atoms with van der Waals surface area (Å²) < 4.78 is 0. The molecule has 0 aromatic carbocycles. The van der Waals surface area contributed by atoms with E-state index in [-0.39, 0.29) is 5.91 Å². The highest BCUT2D eigenvalue weighted by Gasteiger charge is 2.07. The molecule has 1 N–H and O–H groups in total. The Balaban J connectivity index is 1.98. The molecule has 2 heterocycles. The second-order valence-electron chi connectivity index (χ2n) is 3.79. The van der Waals surface area contributed by atoms with E-state index in [4.69, 9.17) is 0 Å². The van der Waals surface area contributed by atoms with Crippen LogP contribution in [0.5, 0.6) is 0 Å². The number of pyridine rings is 1. The van der Waals surface area contributed by atoms with E-state index in [1.54, 1.807) is 12.3 Å². The number of anilines is 1. The molecule has 0 aliphatic heterocycles. The summed E-state index contributed by atoms with van der Waals surface area (Å²) in [6, 6.07) is 3.61. The molecule has 0 aliphatic carbocycles. The first-order valence-corrected chi connectivity index (χ1v) is 6.15. The Bertz CT molecular complexity index is 536. The van der Waals surface area contributed by atoms with Gasteiger partial charge < -0.3 is 5.32 Å². The lowest BCUT2D eigenvalue weighted by atomic mass is 10.3. The van der Waals surface area contributed by atoms with Gasteiger partial charge >= 0.3 is 0 Å². The molecule has 0 bridgehead atoms.